The standard InChI is InChI=1S/C14H21BrN2/c1-2-13-4-3-9-17(13)14-6-5-12(15)10-11(14)7-8-16/h5-6,10,13H,2-4,7-9,16H2,1H3. The molecule has 1 aliphatic rings. The second-order valence-corrected chi connectivity index (χ2v) is 5.63. The highest BCUT2D eigenvalue weighted by molar-refractivity contribution is 9.10. The van der Waals surface area contributed by atoms with Gasteiger partial charge in [-0.3, -0.25) is 0 Å². The van der Waals surface area contributed by atoms with Crippen molar-refractivity contribution in [1.82, 2.24) is 0 Å². The summed E-state index contributed by atoms with van der Waals surface area (Å²) >= 11 is 3.55. The predicted octanol–water partition coefficient (Wildman–Crippen LogP) is 3.33. The average Bonchev–Trinajstić information content (AvgIpc) is 2.78. The van der Waals surface area contributed by atoms with Crippen molar-refractivity contribution < 1.29 is 0 Å². The molecule has 1 atom stereocenters. The van der Waals surface area contributed by atoms with Crippen LogP contribution in [0.15, 0.2) is 22.7 Å². The smallest absolute Gasteiger partial charge is 0.0402 e. The van der Waals surface area contributed by atoms with Gasteiger partial charge in [-0.2, -0.15) is 0 Å². The summed E-state index contributed by atoms with van der Waals surface area (Å²) in [6, 6.07) is 7.31. The van der Waals surface area contributed by atoms with Crippen molar-refractivity contribution in [2.45, 2.75) is 38.6 Å². The maximum absolute atomic E-state index is 5.71. The van der Waals surface area contributed by atoms with Crippen LogP contribution in [0.5, 0.6) is 0 Å². The normalized spacial score (nSPS) is 19.9. The van der Waals surface area contributed by atoms with Crippen molar-refractivity contribution in [1.29, 1.82) is 0 Å². The molecular weight excluding hydrogens is 276 g/mol. The van der Waals surface area contributed by atoms with Crippen LogP contribution in [-0.4, -0.2) is 19.1 Å². The highest BCUT2D eigenvalue weighted by Gasteiger charge is 2.24. The Morgan fingerprint density at radius 2 is 2.29 bits per heavy atom. The molecule has 0 amide bonds. The molecule has 1 aromatic rings. The first-order chi connectivity index (χ1) is 8.26. The van der Waals surface area contributed by atoms with Crippen molar-refractivity contribution in [3.05, 3.63) is 28.2 Å². The van der Waals surface area contributed by atoms with Crippen LogP contribution in [0.2, 0.25) is 0 Å². The van der Waals surface area contributed by atoms with Crippen LogP contribution >= 0.6 is 15.9 Å². The molecule has 3 heteroatoms. The lowest BCUT2D eigenvalue weighted by atomic mass is 10.1. The Morgan fingerprint density at radius 3 is 3.00 bits per heavy atom. The lowest BCUT2D eigenvalue weighted by Crippen LogP contribution is -2.29. The summed E-state index contributed by atoms with van der Waals surface area (Å²) in [7, 11) is 0. The molecule has 0 bridgehead atoms. The molecular formula is C14H21BrN2. The molecule has 0 spiro atoms. The number of hydrogen-bond donors (Lipinski definition) is 1. The van der Waals surface area contributed by atoms with Gasteiger partial charge in [-0.25, -0.2) is 0 Å². The van der Waals surface area contributed by atoms with E-state index in [1.54, 1.807) is 0 Å². The number of rotatable bonds is 4. The van der Waals surface area contributed by atoms with Crippen molar-refractivity contribution in [3.63, 3.8) is 0 Å². The largest absolute Gasteiger partial charge is 0.368 e. The highest BCUT2D eigenvalue weighted by atomic mass is 79.9. The van der Waals surface area contributed by atoms with Gasteiger partial charge in [0.2, 0.25) is 0 Å². The molecule has 2 N–H and O–H groups in total. The molecule has 1 unspecified atom stereocenters. The highest BCUT2D eigenvalue weighted by Crippen LogP contribution is 2.32. The molecule has 0 aliphatic carbocycles. The zero-order valence-electron chi connectivity index (χ0n) is 10.5. The number of anilines is 1. The number of halogens is 1. The third-order valence-corrected chi connectivity index (χ3v) is 4.11. The summed E-state index contributed by atoms with van der Waals surface area (Å²) in [4.78, 5) is 2.57. The van der Waals surface area contributed by atoms with Crippen LogP contribution in [0.1, 0.15) is 31.7 Å². The second-order valence-electron chi connectivity index (χ2n) is 4.71. The molecule has 2 nitrogen and oxygen atoms in total. The second kappa shape index (κ2) is 5.87. The third-order valence-electron chi connectivity index (χ3n) is 3.61. The lowest BCUT2D eigenvalue weighted by molar-refractivity contribution is 0.643. The van der Waals surface area contributed by atoms with Crippen molar-refractivity contribution in [2.75, 3.05) is 18.0 Å². The van der Waals surface area contributed by atoms with Crippen LogP contribution in [0, 0.1) is 0 Å². The number of nitrogens with zero attached hydrogens (tertiary/aromatic N) is 1. The van der Waals surface area contributed by atoms with Gasteiger partial charge in [-0.15, -0.1) is 0 Å². The van der Waals surface area contributed by atoms with Crippen LogP contribution in [0.4, 0.5) is 5.69 Å². The minimum Gasteiger partial charge on any atom is -0.368 e. The van der Waals surface area contributed by atoms with Crippen LogP contribution in [0.3, 0.4) is 0 Å². The van der Waals surface area contributed by atoms with Gasteiger partial charge < -0.3 is 10.6 Å². The number of nitrogens with two attached hydrogens (primary N) is 1. The first-order valence-electron chi connectivity index (χ1n) is 6.51. The number of hydrogen-bond acceptors (Lipinski definition) is 2. The predicted molar refractivity (Wildman–Crippen MR) is 77.6 cm³/mol. The fraction of sp³-hybridized carbons (Fsp3) is 0.571. The first kappa shape index (κ1) is 12.9. The van der Waals surface area contributed by atoms with Gasteiger partial charge in [-0.1, -0.05) is 22.9 Å². The van der Waals surface area contributed by atoms with E-state index < -0.39 is 0 Å². The van der Waals surface area contributed by atoms with Gasteiger partial charge in [0.25, 0.3) is 0 Å². The Kier molecular flexibility index (Phi) is 4.46. The summed E-state index contributed by atoms with van der Waals surface area (Å²) in [5, 5.41) is 0. The van der Waals surface area contributed by atoms with E-state index in [-0.39, 0.29) is 0 Å². The topological polar surface area (TPSA) is 29.3 Å². The molecule has 1 heterocycles. The molecule has 0 radical (unpaired) electrons. The molecule has 1 fully saturated rings. The van der Waals surface area contributed by atoms with Crippen LogP contribution < -0.4 is 10.6 Å². The SMILES string of the molecule is CCC1CCCN1c1ccc(Br)cc1CCN. The van der Waals surface area contributed by atoms with Crippen molar-refractivity contribution in [3.8, 4) is 0 Å². The van der Waals surface area contributed by atoms with E-state index in [2.05, 4.69) is 46.0 Å². The quantitative estimate of drug-likeness (QED) is 0.923. The maximum Gasteiger partial charge on any atom is 0.0402 e. The van der Waals surface area contributed by atoms with E-state index >= 15 is 0 Å². The van der Waals surface area contributed by atoms with Gasteiger partial charge in [0.15, 0.2) is 0 Å². The molecule has 2 rings (SSSR count). The maximum atomic E-state index is 5.71. The fourth-order valence-corrected chi connectivity index (χ4v) is 3.18. The average molecular weight is 297 g/mol. The lowest BCUT2D eigenvalue weighted by Gasteiger charge is -2.28. The summed E-state index contributed by atoms with van der Waals surface area (Å²) in [5.41, 5.74) is 8.48. The minimum absolute atomic E-state index is 0.715. The third kappa shape index (κ3) is 2.83. The monoisotopic (exact) mass is 296 g/mol. The van der Waals surface area contributed by atoms with Crippen molar-refractivity contribution in [2.24, 2.45) is 5.73 Å². The number of benzene rings is 1. The molecule has 1 aromatic carbocycles. The molecule has 17 heavy (non-hydrogen) atoms. The molecule has 1 saturated heterocycles. The van der Waals surface area contributed by atoms with Gasteiger partial charge >= 0.3 is 0 Å². The molecule has 0 aromatic heterocycles. The summed E-state index contributed by atoms with van der Waals surface area (Å²) in [5.74, 6) is 0. The fourth-order valence-electron chi connectivity index (χ4n) is 2.77. The summed E-state index contributed by atoms with van der Waals surface area (Å²) in [6.45, 7) is 4.19. The Hall–Kier alpha value is -0.540. The van der Waals surface area contributed by atoms with Crippen LogP contribution in [0.25, 0.3) is 0 Å². The Balaban J connectivity index is 2.30. The summed E-state index contributed by atoms with van der Waals surface area (Å²) < 4.78 is 1.15. The van der Waals surface area contributed by atoms with E-state index in [9.17, 15) is 0 Å². The first-order valence-corrected chi connectivity index (χ1v) is 7.30. The summed E-state index contributed by atoms with van der Waals surface area (Å²) in [6.07, 6.45) is 4.84. The Morgan fingerprint density at radius 1 is 1.47 bits per heavy atom. The van der Waals surface area contributed by atoms with Crippen molar-refractivity contribution >= 4 is 21.6 Å². The zero-order chi connectivity index (χ0) is 12.3. The molecule has 94 valence electrons. The van der Waals surface area contributed by atoms with E-state index in [1.807, 2.05) is 0 Å². The Labute approximate surface area is 112 Å². The van der Waals surface area contributed by atoms with Gasteiger partial charge in [-0.05, 0) is 56.0 Å². The minimum atomic E-state index is 0.715. The zero-order valence-corrected chi connectivity index (χ0v) is 12.0. The Bertz CT molecular complexity index is 378. The van der Waals surface area contributed by atoms with Gasteiger partial charge in [0.05, 0.1) is 0 Å². The van der Waals surface area contributed by atoms with E-state index in [0.717, 1.165) is 10.9 Å². The molecule has 0 saturated carbocycles. The van der Waals surface area contributed by atoms with E-state index in [0.29, 0.717) is 12.6 Å². The van der Waals surface area contributed by atoms with Gasteiger partial charge in [0.1, 0.15) is 0 Å². The molecule has 1 aliphatic heterocycles. The van der Waals surface area contributed by atoms with E-state index in [4.69, 9.17) is 5.73 Å². The van der Waals surface area contributed by atoms with Crippen LogP contribution in [-0.2, 0) is 6.42 Å². The van der Waals surface area contributed by atoms with E-state index in [1.165, 1.54) is 37.1 Å². The van der Waals surface area contributed by atoms with Gasteiger partial charge in [0, 0.05) is 22.7 Å².